The molecule has 0 spiro atoms. The van der Waals surface area contributed by atoms with Crippen LogP contribution in [-0.4, -0.2) is 22.9 Å². The molecule has 0 aliphatic carbocycles. The van der Waals surface area contributed by atoms with Crippen molar-refractivity contribution in [2.24, 2.45) is 0 Å². The van der Waals surface area contributed by atoms with Crippen LogP contribution in [0.4, 0.5) is 14.9 Å². The van der Waals surface area contributed by atoms with Gasteiger partial charge in [-0.15, -0.1) is 0 Å². The molecule has 5 heteroatoms. The van der Waals surface area contributed by atoms with Crippen LogP contribution >= 0.6 is 0 Å². The summed E-state index contributed by atoms with van der Waals surface area (Å²) in [4.78, 5) is 11.7. The second-order valence-electron chi connectivity index (χ2n) is 5.82. The van der Waals surface area contributed by atoms with Gasteiger partial charge in [0.2, 0.25) is 0 Å². The molecule has 1 aromatic carbocycles. The standard InChI is InChI=1S/C15H22FNO3/c1-10(18)5-6-11-9-12(16)7-8-13(11)17-14(19)20-15(2,3)4/h7-10,18H,5-6H2,1-4H3,(H,17,19)/t10-/m1/s1. The van der Waals surface area contributed by atoms with Crippen molar-refractivity contribution >= 4 is 11.8 Å². The maximum absolute atomic E-state index is 13.3. The van der Waals surface area contributed by atoms with Gasteiger partial charge in [-0.2, -0.15) is 0 Å². The van der Waals surface area contributed by atoms with Crippen LogP contribution < -0.4 is 5.32 Å². The number of nitrogens with one attached hydrogen (secondary N) is 1. The first kappa shape index (κ1) is 16.4. The van der Waals surface area contributed by atoms with Crippen molar-refractivity contribution in [1.29, 1.82) is 0 Å². The van der Waals surface area contributed by atoms with E-state index in [9.17, 15) is 14.3 Å². The molecule has 0 fully saturated rings. The zero-order valence-electron chi connectivity index (χ0n) is 12.4. The molecule has 112 valence electrons. The van der Waals surface area contributed by atoms with Gasteiger partial charge in [-0.05, 0) is 64.3 Å². The minimum Gasteiger partial charge on any atom is -0.444 e. The summed E-state index contributed by atoms with van der Waals surface area (Å²) in [5.74, 6) is -0.375. The van der Waals surface area contributed by atoms with E-state index in [1.807, 2.05) is 0 Å². The van der Waals surface area contributed by atoms with E-state index in [2.05, 4.69) is 5.32 Å². The molecule has 1 rings (SSSR count). The zero-order valence-corrected chi connectivity index (χ0v) is 12.4. The quantitative estimate of drug-likeness (QED) is 0.889. The number of aryl methyl sites for hydroxylation is 1. The topological polar surface area (TPSA) is 58.6 Å². The number of anilines is 1. The predicted molar refractivity (Wildman–Crippen MR) is 76.3 cm³/mol. The third kappa shape index (κ3) is 6.02. The Bertz CT molecular complexity index is 467. The smallest absolute Gasteiger partial charge is 0.412 e. The van der Waals surface area contributed by atoms with Crippen LogP contribution in [0.25, 0.3) is 0 Å². The number of benzene rings is 1. The lowest BCUT2D eigenvalue weighted by atomic mass is 10.1. The summed E-state index contributed by atoms with van der Waals surface area (Å²) >= 11 is 0. The second-order valence-corrected chi connectivity index (χ2v) is 5.82. The number of halogens is 1. The molecule has 20 heavy (non-hydrogen) atoms. The summed E-state index contributed by atoms with van der Waals surface area (Å²) in [5.41, 5.74) is 0.544. The molecule has 0 radical (unpaired) electrons. The molecular formula is C15H22FNO3. The summed E-state index contributed by atoms with van der Waals surface area (Å²) in [5, 5.41) is 11.9. The van der Waals surface area contributed by atoms with Gasteiger partial charge in [-0.1, -0.05) is 0 Å². The number of hydrogen-bond acceptors (Lipinski definition) is 3. The van der Waals surface area contributed by atoms with Crippen LogP contribution in [0.5, 0.6) is 0 Å². The van der Waals surface area contributed by atoms with E-state index in [4.69, 9.17) is 4.74 Å². The van der Waals surface area contributed by atoms with Crippen molar-refractivity contribution in [3.63, 3.8) is 0 Å². The number of ether oxygens (including phenoxy) is 1. The molecule has 0 aliphatic rings. The molecule has 0 saturated carbocycles. The van der Waals surface area contributed by atoms with E-state index in [0.29, 0.717) is 24.1 Å². The molecule has 0 saturated heterocycles. The fourth-order valence-corrected chi connectivity index (χ4v) is 1.67. The van der Waals surface area contributed by atoms with Gasteiger partial charge in [0.25, 0.3) is 0 Å². The van der Waals surface area contributed by atoms with Crippen LogP contribution in [0.3, 0.4) is 0 Å². The van der Waals surface area contributed by atoms with Gasteiger partial charge < -0.3 is 9.84 Å². The lowest BCUT2D eigenvalue weighted by Gasteiger charge is -2.20. The first-order valence-electron chi connectivity index (χ1n) is 6.64. The molecule has 2 N–H and O–H groups in total. The fourth-order valence-electron chi connectivity index (χ4n) is 1.67. The molecule has 0 aliphatic heterocycles. The summed E-state index contributed by atoms with van der Waals surface area (Å²) in [6, 6.07) is 4.13. The molecule has 0 aromatic heterocycles. The number of aliphatic hydroxyl groups is 1. The Balaban J connectivity index is 2.80. The highest BCUT2D eigenvalue weighted by molar-refractivity contribution is 5.85. The monoisotopic (exact) mass is 283 g/mol. The van der Waals surface area contributed by atoms with Crippen molar-refractivity contribution in [3.8, 4) is 0 Å². The van der Waals surface area contributed by atoms with Gasteiger partial charge >= 0.3 is 6.09 Å². The summed E-state index contributed by atoms with van der Waals surface area (Å²) in [6.45, 7) is 6.98. The highest BCUT2D eigenvalue weighted by Gasteiger charge is 2.17. The first-order valence-corrected chi connectivity index (χ1v) is 6.64. The lowest BCUT2D eigenvalue weighted by molar-refractivity contribution is 0.0635. The summed E-state index contributed by atoms with van der Waals surface area (Å²) in [6.07, 6.45) is -0.0949. The number of hydrogen-bond donors (Lipinski definition) is 2. The first-order chi connectivity index (χ1) is 9.17. The second kappa shape index (κ2) is 6.70. The fraction of sp³-hybridized carbons (Fsp3) is 0.533. The lowest BCUT2D eigenvalue weighted by Crippen LogP contribution is -2.27. The molecule has 1 amide bonds. The molecule has 0 heterocycles. The Kier molecular flexibility index (Phi) is 5.51. The van der Waals surface area contributed by atoms with E-state index >= 15 is 0 Å². The summed E-state index contributed by atoms with van der Waals surface area (Å²) in [7, 11) is 0. The summed E-state index contributed by atoms with van der Waals surface area (Å²) < 4.78 is 18.4. The van der Waals surface area contributed by atoms with Crippen LogP contribution in [0.1, 0.15) is 39.7 Å². The van der Waals surface area contributed by atoms with Crippen LogP contribution in [0, 0.1) is 5.82 Å². The molecule has 1 aromatic rings. The van der Waals surface area contributed by atoms with Crippen molar-refractivity contribution in [1.82, 2.24) is 0 Å². The van der Waals surface area contributed by atoms with Crippen LogP contribution in [0.15, 0.2) is 18.2 Å². The van der Waals surface area contributed by atoms with E-state index in [-0.39, 0.29) is 5.82 Å². The van der Waals surface area contributed by atoms with E-state index < -0.39 is 17.8 Å². The molecule has 0 bridgehead atoms. The largest absolute Gasteiger partial charge is 0.444 e. The van der Waals surface area contributed by atoms with E-state index in [1.165, 1.54) is 18.2 Å². The highest BCUT2D eigenvalue weighted by atomic mass is 19.1. The minimum atomic E-state index is -0.593. The van der Waals surface area contributed by atoms with E-state index in [1.54, 1.807) is 27.7 Å². The Morgan fingerprint density at radius 1 is 1.45 bits per heavy atom. The predicted octanol–water partition coefficient (Wildman–Crippen LogP) is 3.49. The number of rotatable bonds is 4. The number of carbonyl (C=O) groups is 1. The van der Waals surface area contributed by atoms with Gasteiger partial charge in [0.05, 0.1) is 6.10 Å². The van der Waals surface area contributed by atoms with Gasteiger partial charge in [0.1, 0.15) is 11.4 Å². The molecule has 0 unspecified atom stereocenters. The van der Waals surface area contributed by atoms with Crippen molar-refractivity contribution in [2.75, 3.05) is 5.32 Å². The van der Waals surface area contributed by atoms with Gasteiger partial charge in [-0.25, -0.2) is 9.18 Å². The Labute approximate surface area is 119 Å². The molecular weight excluding hydrogens is 261 g/mol. The normalized spacial score (nSPS) is 12.9. The SMILES string of the molecule is C[C@@H](O)CCc1cc(F)ccc1NC(=O)OC(C)(C)C. The molecule has 1 atom stereocenters. The maximum Gasteiger partial charge on any atom is 0.412 e. The van der Waals surface area contributed by atoms with Gasteiger partial charge in [0.15, 0.2) is 0 Å². The van der Waals surface area contributed by atoms with Crippen molar-refractivity contribution in [3.05, 3.63) is 29.6 Å². The number of aliphatic hydroxyl groups excluding tert-OH is 1. The average molecular weight is 283 g/mol. The third-order valence-electron chi connectivity index (χ3n) is 2.53. The average Bonchev–Trinajstić information content (AvgIpc) is 2.26. The van der Waals surface area contributed by atoms with Gasteiger partial charge in [-0.3, -0.25) is 5.32 Å². The van der Waals surface area contributed by atoms with E-state index in [0.717, 1.165) is 0 Å². The molecule has 4 nitrogen and oxygen atoms in total. The van der Waals surface area contributed by atoms with Crippen LogP contribution in [0.2, 0.25) is 0 Å². The highest BCUT2D eigenvalue weighted by Crippen LogP contribution is 2.20. The van der Waals surface area contributed by atoms with Crippen molar-refractivity contribution in [2.45, 2.75) is 52.2 Å². The van der Waals surface area contributed by atoms with Crippen LogP contribution in [-0.2, 0) is 11.2 Å². The van der Waals surface area contributed by atoms with Crippen molar-refractivity contribution < 1.29 is 19.0 Å². The number of carbonyl (C=O) groups excluding carboxylic acids is 1. The minimum absolute atomic E-state index is 0.375. The Morgan fingerprint density at radius 3 is 2.65 bits per heavy atom. The maximum atomic E-state index is 13.3. The Hall–Kier alpha value is -1.62. The Morgan fingerprint density at radius 2 is 2.10 bits per heavy atom. The third-order valence-corrected chi connectivity index (χ3v) is 2.53. The number of amides is 1. The zero-order chi connectivity index (χ0) is 15.3. The van der Waals surface area contributed by atoms with Gasteiger partial charge in [0, 0.05) is 5.69 Å².